The third-order valence-corrected chi connectivity index (χ3v) is 3.53. The van der Waals surface area contributed by atoms with E-state index in [1.54, 1.807) is 0 Å². The molecule has 1 aromatic carbocycles. The molecule has 7 nitrogen and oxygen atoms in total. The van der Waals surface area contributed by atoms with E-state index in [0.717, 1.165) is 16.6 Å². The van der Waals surface area contributed by atoms with Crippen LogP contribution in [0.1, 0.15) is 5.56 Å². The number of benzene rings is 1. The van der Waals surface area contributed by atoms with Crippen LogP contribution in [0.15, 0.2) is 30.5 Å². The van der Waals surface area contributed by atoms with Crippen molar-refractivity contribution in [3.63, 3.8) is 0 Å². The van der Waals surface area contributed by atoms with E-state index < -0.39 is 24.5 Å². The lowest BCUT2D eigenvalue weighted by Crippen LogP contribution is -2.22. The van der Waals surface area contributed by atoms with Gasteiger partial charge in [-0.2, -0.15) is 30.9 Å². The highest BCUT2D eigenvalue weighted by atomic mass is 19.4. The molecule has 0 aliphatic rings. The highest BCUT2D eigenvalue weighted by Gasteiger charge is 2.31. The fourth-order valence-corrected chi connectivity index (χ4v) is 2.41. The van der Waals surface area contributed by atoms with E-state index in [1.165, 1.54) is 18.3 Å². The molecule has 6 N–H and O–H groups in total. The zero-order chi connectivity index (χ0) is 20.7. The summed E-state index contributed by atoms with van der Waals surface area (Å²) in [6, 6.07) is 3.94. The van der Waals surface area contributed by atoms with Gasteiger partial charge in [-0.25, -0.2) is 4.98 Å². The molecule has 0 aliphatic carbocycles. The minimum absolute atomic E-state index is 0.0239. The summed E-state index contributed by atoms with van der Waals surface area (Å²) < 4.78 is 77.5. The van der Waals surface area contributed by atoms with Gasteiger partial charge < -0.3 is 22.1 Å². The Morgan fingerprint density at radius 2 is 1.71 bits per heavy atom. The third kappa shape index (κ3) is 4.29. The minimum atomic E-state index is -4.63. The third-order valence-electron chi connectivity index (χ3n) is 3.53. The van der Waals surface area contributed by atoms with Crippen LogP contribution in [0.25, 0.3) is 5.65 Å². The lowest BCUT2D eigenvalue weighted by molar-refractivity contribution is -0.137. The van der Waals surface area contributed by atoms with E-state index in [1.807, 2.05) is 0 Å². The first-order valence-corrected chi connectivity index (χ1v) is 7.62. The van der Waals surface area contributed by atoms with E-state index in [-0.39, 0.29) is 34.3 Å². The number of alkyl halides is 6. The molecule has 150 valence electrons. The van der Waals surface area contributed by atoms with Gasteiger partial charge in [-0.15, -0.1) is 5.10 Å². The maximum absolute atomic E-state index is 12.9. The SMILES string of the molecule is Nc1cc(Nc2cc(NCC(F)(F)F)c3ncc(N)n3n2)cc(C(F)(F)F)c1. The van der Waals surface area contributed by atoms with Crippen molar-refractivity contribution in [1.82, 2.24) is 14.6 Å². The molecule has 0 atom stereocenters. The number of nitrogens with one attached hydrogen (secondary N) is 2. The Labute approximate surface area is 153 Å². The first-order chi connectivity index (χ1) is 12.9. The van der Waals surface area contributed by atoms with Crippen LogP contribution in [0.3, 0.4) is 0 Å². The van der Waals surface area contributed by atoms with Crippen molar-refractivity contribution in [3.05, 3.63) is 36.0 Å². The fourth-order valence-electron chi connectivity index (χ4n) is 2.41. The van der Waals surface area contributed by atoms with Crippen LogP contribution in [0.5, 0.6) is 0 Å². The first-order valence-electron chi connectivity index (χ1n) is 7.62. The Kier molecular flexibility index (Phi) is 4.61. The molecule has 28 heavy (non-hydrogen) atoms. The summed E-state index contributed by atoms with van der Waals surface area (Å²) in [6.45, 7) is -1.35. The van der Waals surface area contributed by atoms with Gasteiger partial charge in [0.2, 0.25) is 0 Å². The highest BCUT2D eigenvalue weighted by molar-refractivity contribution is 5.74. The summed E-state index contributed by atoms with van der Waals surface area (Å²) in [7, 11) is 0. The molecule has 0 fully saturated rings. The van der Waals surface area contributed by atoms with Crippen molar-refractivity contribution in [1.29, 1.82) is 0 Å². The predicted octanol–water partition coefficient (Wildman–Crippen LogP) is 3.63. The number of hydrogen-bond acceptors (Lipinski definition) is 6. The van der Waals surface area contributed by atoms with Crippen LogP contribution in [0.2, 0.25) is 0 Å². The Morgan fingerprint density at radius 1 is 1.00 bits per heavy atom. The monoisotopic (exact) mass is 405 g/mol. The molecule has 0 amide bonds. The smallest absolute Gasteiger partial charge is 0.399 e. The van der Waals surface area contributed by atoms with Crippen molar-refractivity contribution in [3.8, 4) is 0 Å². The van der Waals surface area contributed by atoms with Crippen LogP contribution in [-0.4, -0.2) is 27.3 Å². The molecule has 0 bridgehead atoms. The van der Waals surface area contributed by atoms with Gasteiger partial charge >= 0.3 is 12.4 Å². The van der Waals surface area contributed by atoms with Crippen LogP contribution >= 0.6 is 0 Å². The Hall–Kier alpha value is -3.38. The quantitative estimate of drug-likeness (QED) is 0.390. The summed E-state index contributed by atoms with van der Waals surface area (Å²) in [5, 5.41) is 8.78. The molecule has 0 spiro atoms. The van der Waals surface area contributed by atoms with Gasteiger partial charge in [-0.3, -0.25) is 0 Å². The number of fused-ring (bicyclic) bond motifs is 1. The van der Waals surface area contributed by atoms with Gasteiger partial charge in [0.1, 0.15) is 12.4 Å². The maximum Gasteiger partial charge on any atom is 0.416 e. The number of rotatable bonds is 4. The number of hydrogen-bond donors (Lipinski definition) is 4. The van der Waals surface area contributed by atoms with Crippen LogP contribution in [-0.2, 0) is 6.18 Å². The number of nitrogens with two attached hydrogens (primary N) is 2. The second kappa shape index (κ2) is 6.65. The average Bonchev–Trinajstić information content (AvgIpc) is 2.92. The Morgan fingerprint density at radius 3 is 2.36 bits per heavy atom. The van der Waals surface area contributed by atoms with Crippen molar-refractivity contribution in [2.45, 2.75) is 12.4 Å². The lowest BCUT2D eigenvalue weighted by atomic mass is 10.1. The van der Waals surface area contributed by atoms with E-state index >= 15 is 0 Å². The number of aromatic nitrogens is 3. The number of anilines is 5. The van der Waals surface area contributed by atoms with Crippen LogP contribution < -0.4 is 22.1 Å². The van der Waals surface area contributed by atoms with Crippen molar-refractivity contribution in [2.75, 3.05) is 28.6 Å². The molecule has 2 heterocycles. The van der Waals surface area contributed by atoms with Crippen molar-refractivity contribution in [2.24, 2.45) is 0 Å². The van der Waals surface area contributed by atoms with Crippen molar-refractivity contribution >= 4 is 34.3 Å². The molecule has 0 saturated carbocycles. The average molecular weight is 405 g/mol. The summed E-state index contributed by atoms with van der Waals surface area (Å²) >= 11 is 0. The minimum Gasteiger partial charge on any atom is -0.399 e. The van der Waals surface area contributed by atoms with Crippen LogP contribution in [0.4, 0.5) is 55.0 Å². The summed E-state index contributed by atoms with van der Waals surface area (Å²) in [6.07, 6.45) is -7.94. The van der Waals surface area contributed by atoms with Gasteiger partial charge in [0, 0.05) is 17.4 Å². The molecule has 2 aromatic heterocycles. The molecule has 0 saturated heterocycles. The largest absolute Gasteiger partial charge is 0.416 e. The summed E-state index contributed by atoms with van der Waals surface area (Å²) in [4.78, 5) is 3.88. The normalized spacial score (nSPS) is 12.4. The zero-order valence-electron chi connectivity index (χ0n) is 13.9. The second-order valence-corrected chi connectivity index (χ2v) is 5.80. The summed E-state index contributed by atoms with van der Waals surface area (Å²) in [5.41, 5.74) is 9.94. The van der Waals surface area contributed by atoms with E-state index in [9.17, 15) is 26.3 Å². The van der Waals surface area contributed by atoms with E-state index in [0.29, 0.717) is 0 Å². The van der Waals surface area contributed by atoms with Gasteiger partial charge in [0.15, 0.2) is 11.5 Å². The van der Waals surface area contributed by atoms with Gasteiger partial charge in [0.05, 0.1) is 17.4 Å². The molecular weight excluding hydrogens is 392 g/mol. The fraction of sp³-hybridized carbons (Fsp3) is 0.200. The molecule has 3 aromatic rings. The molecular formula is C15H13F6N7. The van der Waals surface area contributed by atoms with Crippen molar-refractivity contribution < 1.29 is 26.3 Å². The number of nitrogen functional groups attached to an aromatic ring is 2. The highest BCUT2D eigenvalue weighted by Crippen LogP contribution is 2.34. The van der Waals surface area contributed by atoms with Crippen LogP contribution in [0, 0.1) is 0 Å². The number of imidazole rings is 1. The number of nitrogens with zero attached hydrogens (tertiary/aromatic N) is 3. The zero-order valence-corrected chi connectivity index (χ0v) is 13.9. The molecule has 13 heteroatoms. The Bertz CT molecular complexity index is 1010. The summed E-state index contributed by atoms with van der Waals surface area (Å²) in [5.74, 6) is -0.0436. The number of halogens is 6. The lowest BCUT2D eigenvalue weighted by Gasteiger charge is -2.14. The molecule has 0 aliphatic heterocycles. The van der Waals surface area contributed by atoms with Gasteiger partial charge in [-0.05, 0) is 18.2 Å². The predicted molar refractivity (Wildman–Crippen MR) is 91.1 cm³/mol. The topological polar surface area (TPSA) is 106 Å². The molecule has 0 unspecified atom stereocenters. The van der Waals surface area contributed by atoms with E-state index in [4.69, 9.17) is 11.5 Å². The molecule has 0 radical (unpaired) electrons. The standard InChI is InChI=1S/C15H13F6N7/c16-14(17,18)6-25-10-4-12(27-28-11(23)5-24-13(10)28)26-9-2-7(15(19,20)21)1-8(22)3-9/h1-5,25H,6,22-23H2,(H,26,27). The first kappa shape index (κ1) is 19.4. The maximum atomic E-state index is 12.9. The van der Waals surface area contributed by atoms with E-state index in [2.05, 4.69) is 20.7 Å². The van der Waals surface area contributed by atoms with Gasteiger partial charge in [-0.1, -0.05) is 0 Å². The van der Waals surface area contributed by atoms with Gasteiger partial charge in [0.25, 0.3) is 0 Å². The Balaban J connectivity index is 2.00. The molecule has 3 rings (SSSR count). The second-order valence-electron chi connectivity index (χ2n) is 5.80.